The van der Waals surface area contributed by atoms with Gasteiger partial charge in [-0.1, -0.05) is 0 Å². The molecular formula is C8H9F3N2O4. The number of aliphatic carboxylic acids is 1. The number of halogens is 3. The number of nitrogens with zero attached hydrogens (tertiary/aromatic N) is 2. The molecule has 0 saturated carbocycles. The Morgan fingerprint density at radius 3 is 2.65 bits per heavy atom. The topological polar surface area (TPSA) is 79.2 Å². The van der Waals surface area contributed by atoms with E-state index in [9.17, 15) is 22.8 Å². The molecule has 1 heterocycles. The fraction of sp³-hybridized carbons (Fsp3) is 0.625. The van der Waals surface area contributed by atoms with Crippen molar-refractivity contribution >= 4 is 17.6 Å². The van der Waals surface area contributed by atoms with Gasteiger partial charge in [0.05, 0.1) is 13.2 Å². The second-order valence-electron chi connectivity index (χ2n) is 3.16. The number of hydrogen-bond acceptors (Lipinski definition) is 4. The number of carboxylic acid groups (broad SMARTS) is 1. The summed E-state index contributed by atoms with van der Waals surface area (Å²) >= 11 is 0. The Kier molecular flexibility index (Phi) is 4.05. The van der Waals surface area contributed by atoms with E-state index in [2.05, 4.69) is 9.84 Å². The highest BCUT2D eigenvalue weighted by Crippen LogP contribution is 2.16. The second-order valence-corrected chi connectivity index (χ2v) is 3.16. The summed E-state index contributed by atoms with van der Waals surface area (Å²) in [7, 11) is 0. The van der Waals surface area contributed by atoms with Crippen molar-refractivity contribution < 1.29 is 32.6 Å². The van der Waals surface area contributed by atoms with Gasteiger partial charge in [0.25, 0.3) is 0 Å². The van der Waals surface area contributed by atoms with Crippen LogP contribution in [0.4, 0.5) is 13.2 Å². The molecule has 0 bridgehead atoms. The van der Waals surface area contributed by atoms with Crippen molar-refractivity contribution in [2.45, 2.75) is 19.2 Å². The third kappa shape index (κ3) is 4.39. The second kappa shape index (κ2) is 5.13. The summed E-state index contributed by atoms with van der Waals surface area (Å²) in [6, 6.07) is 0. The number of amides is 1. The number of hydrogen-bond donors (Lipinski definition) is 1. The fourth-order valence-corrected chi connectivity index (χ4v) is 1.18. The van der Waals surface area contributed by atoms with Crippen molar-refractivity contribution in [3.05, 3.63) is 0 Å². The zero-order valence-electron chi connectivity index (χ0n) is 8.53. The third-order valence-corrected chi connectivity index (χ3v) is 1.92. The highest BCUT2D eigenvalue weighted by atomic mass is 19.4. The van der Waals surface area contributed by atoms with Crippen molar-refractivity contribution in [2.75, 3.05) is 13.2 Å². The average molecular weight is 254 g/mol. The van der Waals surface area contributed by atoms with Crippen LogP contribution in [0.5, 0.6) is 0 Å². The summed E-state index contributed by atoms with van der Waals surface area (Å²) < 4.78 is 38.4. The summed E-state index contributed by atoms with van der Waals surface area (Å²) in [5.74, 6) is -1.82. The predicted molar refractivity (Wildman–Crippen MR) is 48.0 cm³/mol. The lowest BCUT2D eigenvalue weighted by Gasteiger charge is -2.22. The van der Waals surface area contributed by atoms with E-state index >= 15 is 0 Å². The van der Waals surface area contributed by atoms with Crippen LogP contribution < -0.4 is 0 Å². The molecule has 0 fully saturated rings. The predicted octanol–water partition coefficient (Wildman–Crippen LogP) is 0.586. The maximum Gasteiger partial charge on any atom is 0.522 e. The van der Waals surface area contributed by atoms with E-state index in [0.717, 1.165) is 0 Å². The minimum Gasteiger partial charge on any atom is -0.477 e. The first-order chi connectivity index (χ1) is 7.79. The van der Waals surface area contributed by atoms with Gasteiger partial charge in [-0.2, -0.15) is 5.10 Å². The van der Waals surface area contributed by atoms with Gasteiger partial charge in [-0.3, -0.25) is 9.53 Å². The van der Waals surface area contributed by atoms with Gasteiger partial charge >= 0.3 is 12.3 Å². The zero-order chi connectivity index (χ0) is 13.1. The number of carbonyl (C=O) groups is 2. The smallest absolute Gasteiger partial charge is 0.477 e. The van der Waals surface area contributed by atoms with Crippen LogP contribution in [-0.4, -0.2) is 47.2 Å². The van der Waals surface area contributed by atoms with Crippen molar-refractivity contribution in [3.63, 3.8) is 0 Å². The normalized spacial score (nSPS) is 17.0. The molecule has 0 aromatic carbocycles. The van der Waals surface area contributed by atoms with Crippen LogP contribution in [-0.2, 0) is 14.3 Å². The van der Waals surface area contributed by atoms with Crippen LogP contribution in [0.1, 0.15) is 12.8 Å². The first-order valence-corrected chi connectivity index (χ1v) is 4.61. The summed E-state index contributed by atoms with van der Waals surface area (Å²) in [5.41, 5.74) is -0.253. The van der Waals surface area contributed by atoms with Crippen LogP contribution in [0, 0.1) is 0 Å². The van der Waals surface area contributed by atoms with E-state index in [4.69, 9.17) is 5.11 Å². The minimum absolute atomic E-state index is 0.0230. The first-order valence-electron chi connectivity index (χ1n) is 4.61. The van der Waals surface area contributed by atoms with Crippen molar-refractivity contribution in [1.29, 1.82) is 0 Å². The van der Waals surface area contributed by atoms with Gasteiger partial charge < -0.3 is 5.11 Å². The van der Waals surface area contributed by atoms with Crippen LogP contribution in [0.3, 0.4) is 0 Å². The van der Waals surface area contributed by atoms with Gasteiger partial charge in [0.15, 0.2) is 0 Å². The molecule has 0 aromatic rings. The standard InChI is InChI=1S/C8H9F3N2O4/c9-8(10,11)17-4-3-13-6(14)2-1-5(12-13)7(15)16/h1-4H2,(H,15,16). The Morgan fingerprint density at radius 1 is 1.47 bits per heavy atom. The van der Waals surface area contributed by atoms with E-state index in [1.807, 2.05) is 0 Å². The number of alkyl halides is 3. The van der Waals surface area contributed by atoms with Crippen molar-refractivity contribution in [3.8, 4) is 0 Å². The molecule has 1 aliphatic rings. The molecule has 1 aliphatic heterocycles. The highest BCUT2D eigenvalue weighted by molar-refractivity contribution is 6.36. The number of rotatable bonds is 4. The monoisotopic (exact) mass is 254 g/mol. The van der Waals surface area contributed by atoms with Crippen LogP contribution in [0.25, 0.3) is 0 Å². The molecule has 0 saturated heterocycles. The molecular weight excluding hydrogens is 245 g/mol. The summed E-state index contributed by atoms with van der Waals surface area (Å²) in [6.45, 7) is -1.22. The third-order valence-electron chi connectivity index (χ3n) is 1.92. The molecule has 1 amide bonds. The molecule has 9 heteroatoms. The van der Waals surface area contributed by atoms with Gasteiger partial charge in [-0.15, -0.1) is 13.2 Å². The number of ether oxygens (including phenoxy) is 1. The maximum atomic E-state index is 11.7. The Labute approximate surface area is 93.6 Å². The Morgan fingerprint density at radius 2 is 2.12 bits per heavy atom. The first kappa shape index (κ1) is 13.4. The molecule has 96 valence electrons. The molecule has 0 radical (unpaired) electrons. The lowest BCUT2D eigenvalue weighted by atomic mass is 10.2. The summed E-state index contributed by atoms with van der Waals surface area (Å²) in [5, 5.41) is 12.7. The van der Waals surface area contributed by atoms with E-state index < -0.39 is 31.4 Å². The summed E-state index contributed by atoms with van der Waals surface area (Å²) in [4.78, 5) is 21.8. The minimum atomic E-state index is -4.78. The number of carboxylic acids is 1. The largest absolute Gasteiger partial charge is 0.522 e. The summed E-state index contributed by atoms with van der Waals surface area (Å²) in [6.07, 6.45) is -4.89. The van der Waals surface area contributed by atoms with Crippen LogP contribution in [0.2, 0.25) is 0 Å². The lowest BCUT2D eigenvalue weighted by Crippen LogP contribution is -2.37. The molecule has 1 N–H and O–H groups in total. The average Bonchev–Trinajstić information content (AvgIpc) is 2.18. The van der Waals surface area contributed by atoms with E-state index in [1.54, 1.807) is 0 Å². The van der Waals surface area contributed by atoms with Gasteiger partial charge in [-0.25, -0.2) is 9.80 Å². The van der Waals surface area contributed by atoms with E-state index in [1.165, 1.54) is 0 Å². The fourth-order valence-electron chi connectivity index (χ4n) is 1.18. The highest BCUT2D eigenvalue weighted by Gasteiger charge is 2.30. The number of carbonyl (C=O) groups excluding carboxylic acids is 1. The Balaban J connectivity index is 2.53. The molecule has 0 atom stereocenters. The molecule has 6 nitrogen and oxygen atoms in total. The van der Waals surface area contributed by atoms with Crippen molar-refractivity contribution in [2.24, 2.45) is 5.10 Å². The van der Waals surface area contributed by atoms with Gasteiger partial charge in [0.1, 0.15) is 5.71 Å². The van der Waals surface area contributed by atoms with Gasteiger partial charge in [0.2, 0.25) is 5.91 Å². The molecule has 0 unspecified atom stereocenters. The Bertz CT molecular complexity index is 353. The quantitative estimate of drug-likeness (QED) is 0.796. The molecule has 0 aromatic heterocycles. The number of hydrazone groups is 1. The van der Waals surface area contributed by atoms with Gasteiger partial charge in [-0.05, 0) is 0 Å². The maximum absolute atomic E-state index is 11.7. The van der Waals surface area contributed by atoms with Crippen molar-refractivity contribution in [1.82, 2.24) is 5.01 Å². The van der Waals surface area contributed by atoms with E-state index in [0.29, 0.717) is 5.01 Å². The van der Waals surface area contributed by atoms with Gasteiger partial charge in [0, 0.05) is 12.8 Å². The Hall–Kier alpha value is -1.64. The molecule has 17 heavy (non-hydrogen) atoms. The van der Waals surface area contributed by atoms with Crippen LogP contribution in [0.15, 0.2) is 5.10 Å². The van der Waals surface area contributed by atoms with E-state index in [-0.39, 0.29) is 18.6 Å². The lowest BCUT2D eigenvalue weighted by molar-refractivity contribution is -0.324. The molecule has 1 rings (SSSR count). The molecule has 0 aliphatic carbocycles. The zero-order valence-corrected chi connectivity index (χ0v) is 8.53. The SMILES string of the molecule is O=C(O)C1=NN(CCOC(F)(F)F)C(=O)CC1. The van der Waals surface area contributed by atoms with Crippen LogP contribution >= 0.6 is 0 Å². The molecule has 0 spiro atoms.